The van der Waals surface area contributed by atoms with E-state index in [-0.39, 0.29) is 10.8 Å². The monoisotopic (exact) mass is 1290 g/mol. The Balaban J connectivity index is 0.000000112. The van der Waals surface area contributed by atoms with Crippen molar-refractivity contribution in [1.82, 2.24) is 24.5 Å². The number of fused-ring (bicyclic) bond motifs is 24. The Morgan fingerprint density at radius 3 is 1.43 bits per heavy atom. The normalized spacial score (nSPS) is 13.6. The fraction of sp³-hybridized carbons (Fsp3) is 0.0769. The number of aromatic nitrogens is 5. The van der Waals surface area contributed by atoms with Crippen molar-refractivity contribution in [3.8, 4) is 62.0 Å². The van der Waals surface area contributed by atoms with Crippen molar-refractivity contribution in [1.29, 1.82) is 0 Å². The van der Waals surface area contributed by atoms with Crippen LogP contribution in [0.25, 0.3) is 171 Å². The SMILES string of the molecule is CC1(C)c2ccccc2-c2nc(-n3c4cc5ccccc5cc4c4ccc5ccccc5c43)c(-c3cccc4c3oc3ccccc34)nc21.CC1(C)c2ccccc2-c2nc(Cl)c(-c3cccc4c3oc3ccccc34)nc21.c1ccc2cc3c(cc2c1)Cc1c-3ccc2ccccc12. The maximum atomic E-state index is 6.69. The standard InChI is InChI=1S/C45H29N3O.C25H17ClN2O.C21H14/c1-45(2)36-20-9-7-17-33(36)39-43(45)46-40(34-19-11-18-32-30-16-8-10-21-38(30)49-42(32)34)44(47-39)48-37-25-28-14-4-3-13-27(28)24-35(37)31-23-22-26-12-5-6-15-29(26)41(31)48;1-25(2)18-12-5-3-9-16(18)20-23(25)27-21(24(26)28-20)17-11-7-10-15-14-8-4-6-13-19(14)29-22(15)17;1-2-7-16-12-20-17(11-15(16)6-1)13-21-18-8-4-3-5-14(18)9-10-19(20)21/h3-25H,1-2H3;3-13H,1-2H3;1-12H,13H2. The van der Waals surface area contributed by atoms with Gasteiger partial charge in [0.2, 0.25) is 0 Å². The largest absolute Gasteiger partial charge is 0.455 e. The van der Waals surface area contributed by atoms with Gasteiger partial charge in [0.1, 0.15) is 33.7 Å². The second-order valence-corrected chi connectivity index (χ2v) is 28.0. The molecular weight excluding hydrogens is 1230 g/mol. The highest BCUT2D eigenvalue weighted by Crippen LogP contribution is 2.52. The summed E-state index contributed by atoms with van der Waals surface area (Å²) in [5, 5.41) is 17.3. The lowest BCUT2D eigenvalue weighted by molar-refractivity contribution is 0.634. The minimum Gasteiger partial charge on any atom is -0.455 e. The average Bonchev–Trinajstić information content (AvgIpc) is 1.56. The maximum Gasteiger partial charge on any atom is 0.165 e. The number of halogens is 1. The zero-order valence-corrected chi connectivity index (χ0v) is 55.5. The summed E-state index contributed by atoms with van der Waals surface area (Å²) in [6.45, 7) is 8.90. The van der Waals surface area contributed by atoms with E-state index in [2.05, 4.69) is 263 Å². The summed E-state index contributed by atoms with van der Waals surface area (Å²) in [4.78, 5) is 21.2. The molecule has 3 aliphatic rings. The minimum absolute atomic E-state index is 0.236. The van der Waals surface area contributed by atoms with Gasteiger partial charge in [-0.3, -0.25) is 4.57 Å². The van der Waals surface area contributed by atoms with Crippen LogP contribution in [-0.2, 0) is 17.3 Å². The van der Waals surface area contributed by atoms with Crippen molar-refractivity contribution >= 4 is 120 Å². The molecule has 0 N–H and O–H groups in total. The van der Waals surface area contributed by atoms with Crippen LogP contribution in [0, 0.1) is 0 Å². The van der Waals surface area contributed by atoms with E-state index in [0.717, 1.165) is 118 Å². The van der Waals surface area contributed by atoms with Crippen molar-refractivity contribution < 1.29 is 8.83 Å². The molecule has 22 rings (SSSR count). The van der Waals surface area contributed by atoms with E-state index in [1.54, 1.807) is 0 Å². The second kappa shape index (κ2) is 21.5. The lowest BCUT2D eigenvalue weighted by atomic mass is 9.85. The fourth-order valence-corrected chi connectivity index (χ4v) is 16.8. The molecule has 0 saturated carbocycles. The first-order valence-electron chi connectivity index (χ1n) is 33.9. The molecule has 5 heterocycles. The average molecular weight is 1290 g/mol. The van der Waals surface area contributed by atoms with Crippen molar-refractivity contribution in [3.63, 3.8) is 0 Å². The van der Waals surface area contributed by atoms with Gasteiger partial charge in [-0.15, -0.1) is 0 Å². The summed E-state index contributed by atoms with van der Waals surface area (Å²) < 4.78 is 15.2. The summed E-state index contributed by atoms with van der Waals surface area (Å²) in [5.74, 6) is 0.797. The van der Waals surface area contributed by atoms with Crippen LogP contribution in [0.1, 0.15) is 61.3 Å². The van der Waals surface area contributed by atoms with E-state index in [9.17, 15) is 0 Å². The van der Waals surface area contributed by atoms with E-state index < -0.39 is 0 Å². The molecule has 3 aliphatic carbocycles. The molecule has 0 saturated heterocycles. The number of nitrogens with zero attached hydrogens (tertiary/aromatic N) is 5. The van der Waals surface area contributed by atoms with Gasteiger partial charge in [-0.2, -0.15) is 0 Å². The highest BCUT2D eigenvalue weighted by Gasteiger charge is 2.41. The van der Waals surface area contributed by atoms with Gasteiger partial charge in [-0.1, -0.05) is 276 Å². The molecule has 8 heteroatoms. The molecule has 468 valence electrons. The van der Waals surface area contributed by atoms with Crippen LogP contribution in [0.3, 0.4) is 0 Å². The second-order valence-electron chi connectivity index (χ2n) is 27.6. The van der Waals surface area contributed by atoms with Gasteiger partial charge in [0, 0.05) is 70.8 Å². The highest BCUT2D eigenvalue weighted by atomic mass is 35.5. The molecule has 99 heavy (non-hydrogen) atoms. The van der Waals surface area contributed by atoms with Gasteiger partial charge in [-0.05, 0) is 120 Å². The van der Waals surface area contributed by atoms with Gasteiger partial charge in [0.05, 0.1) is 33.8 Å². The molecule has 14 aromatic carbocycles. The molecule has 0 spiro atoms. The van der Waals surface area contributed by atoms with Crippen LogP contribution in [0.15, 0.2) is 288 Å². The van der Waals surface area contributed by atoms with E-state index in [0.29, 0.717) is 10.8 Å². The third kappa shape index (κ3) is 8.57. The smallest absolute Gasteiger partial charge is 0.165 e. The molecule has 19 aromatic rings. The Hall–Kier alpha value is -12.0. The molecule has 0 unspecified atom stereocenters. The van der Waals surface area contributed by atoms with Gasteiger partial charge in [0.25, 0.3) is 0 Å². The minimum atomic E-state index is -0.322. The Morgan fingerprint density at radius 2 is 0.798 bits per heavy atom. The fourth-order valence-electron chi connectivity index (χ4n) is 16.5. The third-order valence-electron chi connectivity index (χ3n) is 21.3. The Labute approximate surface area is 574 Å². The number of para-hydroxylation sites is 4. The lowest BCUT2D eigenvalue weighted by Gasteiger charge is -2.21. The van der Waals surface area contributed by atoms with Crippen molar-refractivity contribution in [3.05, 3.63) is 318 Å². The van der Waals surface area contributed by atoms with Crippen LogP contribution in [0.5, 0.6) is 0 Å². The van der Waals surface area contributed by atoms with E-state index in [1.807, 2.05) is 48.5 Å². The molecule has 5 aromatic heterocycles. The topological polar surface area (TPSA) is 82.8 Å². The Bertz CT molecular complexity index is 6690. The highest BCUT2D eigenvalue weighted by molar-refractivity contribution is 6.32. The van der Waals surface area contributed by atoms with Crippen molar-refractivity contribution in [2.45, 2.75) is 44.9 Å². The predicted molar refractivity (Wildman–Crippen MR) is 409 cm³/mol. The quantitative estimate of drug-likeness (QED) is 0.175. The van der Waals surface area contributed by atoms with E-state index in [4.69, 9.17) is 40.4 Å². The van der Waals surface area contributed by atoms with E-state index >= 15 is 0 Å². The number of benzene rings is 14. The number of hydrogen-bond acceptors (Lipinski definition) is 6. The Morgan fingerprint density at radius 1 is 0.333 bits per heavy atom. The predicted octanol–water partition coefficient (Wildman–Crippen LogP) is 24.3. The van der Waals surface area contributed by atoms with Gasteiger partial charge in [-0.25, -0.2) is 19.9 Å². The van der Waals surface area contributed by atoms with Gasteiger partial charge >= 0.3 is 0 Å². The summed E-state index contributed by atoms with van der Waals surface area (Å²) >= 11 is 6.69. The third-order valence-corrected chi connectivity index (χ3v) is 21.6. The summed E-state index contributed by atoms with van der Waals surface area (Å²) in [6, 6.07) is 98.8. The first-order chi connectivity index (χ1) is 48.5. The van der Waals surface area contributed by atoms with Crippen LogP contribution >= 0.6 is 11.6 Å². The first kappa shape index (κ1) is 57.2. The molecule has 0 radical (unpaired) electrons. The van der Waals surface area contributed by atoms with Crippen LogP contribution in [0.4, 0.5) is 0 Å². The Kier molecular flexibility index (Phi) is 12.4. The van der Waals surface area contributed by atoms with Gasteiger partial charge < -0.3 is 8.83 Å². The molecular formula is C91H60ClN5O2. The maximum absolute atomic E-state index is 6.69. The molecule has 7 nitrogen and oxygen atoms in total. The summed E-state index contributed by atoms with van der Waals surface area (Å²) in [6.07, 6.45) is 1.05. The molecule has 0 aliphatic heterocycles. The zero-order chi connectivity index (χ0) is 66.0. The number of hydrogen-bond donors (Lipinski definition) is 0. The first-order valence-corrected chi connectivity index (χ1v) is 34.3. The van der Waals surface area contributed by atoms with E-state index in [1.165, 1.54) is 87.2 Å². The van der Waals surface area contributed by atoms with Crippen LogP contribution < -0.4 is 0 Å². The molecule has 0 fully saturated rings. The molecule has 0 atom stereocenters. The van der Waals surface area contributed by atoms with Crippen molar-refractivity contribution in [2.75, 3.05) is 0 Å². The van der Waals surface area contributed by atoms with Gasteiger partial charge in [0.15, 0.2) is 11.0 Å². The summed E-state index contributed by atoms with van der Waals surface area (Å²) in [5.41, 5.74) is 22.5. The molecule has 0 bridgehead atoms. The van der Waals surface area contributed by atoms with Crippen LogP contribution in [-0.4, -0.2) is 24.5 Å². The number of rotatable bonds is 3. The summed E-state index contributed by atoms with van der Waals surface area (Å²) in [7, 11) is 0. The zero-order valence-electron chi connectivity index (χ0n) is 54.7. The molecule has 0 amide bonds. The number of furan rings is 2. The lowest BCUT2D eigenvalue weighted by Crippen LogP contribution is -2.18. The van der Waals surface area contributed by atoms with Crippen molar-refractivity contribution in [2.24, 2.45) is 0 Å². The van der Waals surface area contributed by atoms with Crippen LogP contribution in [0.2, 0.25) is 5.15 Å².